The summed E-state index contributed by atoms with van der Waals surface area (Å²) < 4.78 is 1.18. The molecule has 1 saturated heterocycles. The molecule has 2 heterocycles. The first-order chi connectivity index (χ1) is 11.2. The number of carbonyl (C=O) groups excluding carboxylic acids is 1. The van der Waals surface area contributed by atoms with Gasteiger partial charge in [-0.2, -0.15) is 0 Å². The highest BCUT2D eigenvalue weighted by atomic mass is 79.9. The topological polar surface area (TPSA) is 20.3 Å². The van der Waals surface area contributed by atoms with Crippen molar-refractivity contribution in [2.75, 3.05) is 6.54 Å². The molecule has 0 aromatic heterocycles. The van der Waals surface area contributed by atoms with E-state index >= 15 is 0 Å². The molecule has 2 nitrogen and oxygen atoms in total. The molecule has 3 heteroatoms. The zero-order valence-corrected chi connectivity index (χ0v) is 14.5. The van der Waals surface area contributed by atoms with E-state index in [1.165, 1.54) is 26.7 Å². The van der Waals surface area contributed by atoms with Gasteiger partial charge in [-0.3, -0.25) is 4.79 Å². The quantitative estimate of drug-likeness (QED) is 0.667. The van der Waals surface area contributed by atoms with Crippen LogP contribution in [0.1, 0.15) is 45.5 Å². The second-order valence-corrected chi connectivity index (χ2v) is 7.45. The Labute approximate surface area is 143 Å². The van der Waals surface area contributed by atoms with Crippen molar-refractivity contribution >= 4 is 26.3 Å². The summed E-state index contributed by atoms with van der Waals surface area (Å²) in [7, 11) is 0. The molecule has 2 aliphatic heterocycles. The van der Waals surface area contributed by atoms with Crippen molar-refractivity contribution in [1.29, 1.82) is 0 Å². The van der Waals surface area contributed by atoms with Gasteiger partial charge in [0, 0.05) is 16.6 Å². The molecule has 1 unspecified atom stereocenters. The summed E-state index contributed by atoms with van der Waals surface area (Å²) in [4.78, 5) is 15.2. The lowest BCUT2D eigenvalue weighted by Crippen LogP contribution is -2.48. The maximum Gasteiger partial charge on any atom is 0.255 e. The summed E-state index contributed by atoms with van der Waals surface area (Å²) in [5, 5.41) is 0. The minimum absolute atomic E-state index is 0.174. The van der Waals surface area contributed by atoms with Crippen LogP contribution in [0.15, 0.2) is 48.0 Å². The number of fused-ring (bicyclic) bond motifs is 2. The van der Waals surface area contributed by atoms with E-state index in [1.807, 2.05) is 12.1 Å². The molecule has 23 heavy (non-hydrogen) atoms. The Bertz CT molecular complexity index is 914. The van der Waals surface area contributed by atoms with Gasteiger partial charge in [0.25, 0.3) is 5.91 Å². The highest BCUT2D eigenvalue weighted by Crippen LogP contribution is 2.60. The molecule has 0 radical (unpaired) electrons. The van der Waals surface area contributed by atoms with Crippen LogP contribution in [0.3, 0.4) is 0 Å². The molecule has 114 valence electrons. The lowest BCUT2D eigenvalue weighted by atomic mass is 9.76. The van der Waals surface area contributed by atoms with Crippen LogP contribution in [0.25, 0.3) is 4.48 Å². The molecule has 0 N–H and O–H groups in total. The van der Waals surface area contributed by atoms with Gasteiger partial charge in [0.1, 0.15) is 5.54 Å². The molecule has 1 spiro atoms. The standard InChI is InChI=1S/C20H16BrNO/c1-12-8-9-13-17(11-12)20-15-6-3-2-5-14(15)19(23)22(20)10-4-7-16(20)18(13)21/h2-3,5-6,8-9,11H,4,7,10H2,1H3. The number of hydrogen-bond donors (Lipinski definition) is 0. The van der Waals surface area contributed by atoms with E-state index < -0.39 is 0 Å². The zero-order chi connectivity index (χ0) is 15.8. The first-order valence-corrected chi connectivity index (χ1v) is 8.87. The van der Waals surface area contributed by atoms with Gasteiger partial charge in [-0.15, -0.1) is 0 Å². The molecule has 1 aliphatic carbocycles. The Balaban J connectivity index is 1.95. The number of halogens is 1. The van der Waals surface area contributed by atoms with Crippen LogP contribution < -0.4 is 0 Å². The van der Waals surface area contributed by atoms with Crippen molar-refractivity contribution in [3.8, 4) is 0 Å². The van der Waals surface area contributed by atoms with Gasteiger partial charge in [0.2, 0.25) is 0 Å². The highest BCUT2D eigenvalue weighted by molar-refractivity contribution is 9.15. The predicted molar refractivity (Wildman–Crippen MR) is 94.5 cm³/mol. The minimum atomic E-state index is -0.383. The smallest absolute Gasteiger partial charge is 0.255 e. The summed E-state index contributed by atoms with van der Waals surface area (Å²) in [5.74, 6) is 0.174. The van der Waals surface area contributed by atoms with E-state index in [4.69, 9.17) is 0 Å². The third kappa shape index (κ3) is 1.43. The van der Waals surface area contributed by atoms with E-state index in [0.29, 0.717) is 0 Å². The average molecular weight is 366 g/mol. The molecule has 1 amide bonds. The molecule has 0 bridgehead atoms. The molecular weight excluding hydrogens is 350 g/mol. The average Bonchev–Trinajstić information content (AvgIpc) is 2.99. The van der Waals surface area contributed by atoms with Crippen LogP contribution in [-0.2, 0) is 5.54 Å². The molecule has 1 atom stereocenters. The summed E-state index contributed by atoms with van der Waals surface area (Å²) >= 11 is 3.85. The predicted octanol–water partition coefficient (Wildman–Crippen LogP) is 4.61. The summed E-state index contributed by atoms with van der Waals surface area (Å²) in [5.41, 5.74) is 6.72. The van der Waals surface area contributed by atoms with Crippen LogP contribution in [0, 0.1) is 6.92 Å². The Morgan fingerprint density at radius 2 is 1.91 bits per heavy atom. The lowest BCUT2D eigenvalue weighted by molar-refractivity contribution is 0.0634. The number of piperidine rings is 1. The fraction of sp³-hybridized carbons (Fsp3) is 0.250. The van der Waals surface area contributed by atoms with Crippen LogP contribution in [-0.4, -0.2) is 17.4 Å². The van der Waals surface area contributed by atoms with Crippen molar-refractivity contribution in [2.45, 2.75) is 25.3 Å². The lowest BCUT2D eigenvalue weighted by Gasteiger charge is -2.43. The van der Waals surface area contributed by atoms with Crippen molar-refractivity contribution in [1.82, 2.24) is 4.90 Å². The van der Waals surface area contributed by atoms with E-state index in [-0.39, 0.29) is 11.4 Å². The molecule has 2 aromatic rings. The summed E-state index contributed by atoms with van der Waals surface area (Å²) in [6.07, 6.45) is 2.06. The number of aryl methyl sites for hydroxylation is 1. The molecular formula is C20H16BrNO. The van der Waals surface area contributed by atoms with Gasteiger partial charge in [-0.1, -0.05) is 57.9 Å². The number of nitrogens with zero attached hydrogens (tertiary/aromatic N) is 1. The first kappa shape index (κ1) is 13.6. The Morgan fingerprint density at radius 3 is 2.78 bits per heavy atom. The molecule has 2 aromatic carbocycles. The Hall–Kier alpha value is -1.87. The monoisotopic (exact) mass is 365 g/mol. The second-order valence-electron chi connectivity index (χ2n) is 6.66. The SMILES string of the molecule is Cc1ccc2c(c1)C13C(=C2Br)CCCN1C(=O)c1ccccc13. The first-order valence-electron chi connectivity index (χ1n) is 8.08. The van der Waals surface area contributed by atoms with Crippen molar-refractivity contribution in [3.63, 3.8) is 0 Å². The van der Waals surface area contributed by atoms with Crippen molar-refractivity contribution in [3.05, 3.63) is 75.9 Å². The molecule has 5 rings (SSSR count). The fourth-order valence-corrected chi connectivity index (χ4v) is 5.48. The normalized spacial score (nSPS) is 24.4. The number of hydrogen-bond acceptors (Lipinski definition) is 1. The van der Waals surface area contributed by atoms with Gasteiger partial charge in [-0.05, 0) is 48.1 Å². The number of carbonyl (C=O) groups is 1. The summed E-state index contributed by atoms with van der Waals surface area (Å²) in [6.45, 7) is 2.95. The third-order valence-corrected chi connectivity index (χ3v) is 6.41. The Kier molecular flexibility index (Phi) is 2.57. The molecule has 3 aliphatic rings. The largest absolute Gasteiger partial charge is 0.321 e. The zero-order valence-electron chi connectivity index (χ0n) is 12.9. The fourth-order valence-electron chi connectivity index (χ4n) is 4.65. The van der Waals surface area contributed by atoms with Gasteiger partial charge < -0.3 is 4.90 Å². The van der Waals surface area contributed by atoms with Gasteiger partial charge in [-0.25, -0.2) is 0 Å². The molecule has 1 fully saturated rings. The van der Waals surface area contributed by atoms with E-state index in [9.17, 15) is 4.79 Å². The van der Waals surface area contributed by atoms with Crippen LogP contribution in [0.4, 0.5) is 0 Å². The summed E-state index contributed by atoms with van der Waals surface area (Å²) in [6, 6.07) is 14.7. The number of amides is 1. The van der Waals surface area contributed by atoms with Crippen LogP contribution >= 0.6 is 15.9 Å². The number of benzene rings is 2. The van der Waals surface area contributed by atoms with Gasteiger partial charge in [0.05, 0.1) is 0 Å². The minimum Gasteiger partial charge on any atom is -0.321 e. The van der Waals surface area contributed by atoms with Gasteiger partial charge >= 0.3 is 0 Å². The van der Waals surface area contributed by atoms with E-state index in [0.717, 1.165) is 30.5 Å². The van der Waals surface area contributed by atoms with Crippen molar-refractivity contribution in [2.24, 2.45) is 0 Å². The Morgan fingerprint density at radius 1 is 1.09 bits per heavy atom. The second kappa shape index (κ2) is 4.35. The van der Waals surface area contributed by atoms with Crippen LogP contribution in [0.2, 0.25) is 0 Å². The molecule has 0 saturated carbocycles. The third-order valence-electron chi connectivity index (χ3n) is 5.51. The maximum absolute atomic E-state index is 13.1. The van der Waals surface area contributed by atoms with E-state index in [1.54, 1.807) is 0 Å². The van der Waals surface area contributed by atoms with Crippen LogP contribution in [0.5, 0.6) is 0 Å². The number of rotatable bonds is 0. The van der Waals surface area contributed by atoms with Crippen molar-refractivity contribution < 1.29 is 4.79 Å². The van der Waals surface area contributed by atoms with Gasteiger partial charge in [0.15, 0.2) is 0 Å². The van der Waals surface area contributed by atoms with E-state index in [2.05, 4.69) is 58.1 Å². The highest BCUT2D eigenvalue weighted by Gasteiger charge is 2.58. The maximum atomic E-state index is 13.1.